The summed E-state index contributed by atoms with van der Waals surface area (Å²) in [6, 6.07) is 2.48. The SMILES string of the molecule is CCSC1CCCC1Nc1c(F)cc(C(N)=S)cc1F. The molecule has 2 nitrogen and oxygen atoms in total. The Bertz CT molecular complexity index is 485. The minimum atomic E-state index is -0.639. The van der Waals surface area contributed by atoms with Gasteiger partial charge in [-0.1, -0.05) is 25.6 Å². The molecule has 0 spiro atoms. The average Bonchev–Trinajstić information content (AvgIpc) is 2.81. The molecule has 1 aliphatic carbocycles. The molecule has 2 rings (SSSR count). The van der Waals surface area contributed by atoms with Crippen LogP contribution in [0.25, 0.3) is 0 Å². The van der Waals surface area contributed by atoms with Crippen molar-refractivity contribution in [3.63, 3.8) is 0 Å². The maximum atomic E-state index is 14.0. The highest BCUT2D eigenvalue weighted by Crippen LogP contribution is 2.33. The number of rotatable bonds is 5. The van der Waals surface area contributed by atoms with Gasteiger partial charge in [-0.3, -0.25) is 0 Å². The predicted octanol–water partition coefficient (Wildman–Crippen LogP) is 3.69. The highest BCUT2D eigenvalue weighted by molar-refractivity contribution is 7.99. The average molecular weight is 316 g/mol. The maximum absolute atomic E-state index is 14.0. The Kier molecular flexibility index (Phi) is 5.21. The first-order valence-electron chi connectivity index (χ1n) is 6.70. The van der Waals surface area contributed by atoms with Crippen molar-refractivity contribution in [3.05, 3.63) is 29.3 Å². The van der Waals surface area contributed by atoms with E-state index in [9.17, 15) is 8.78 Å². The lowest BCUT2D eigenvalue weighted by Gasteiger charge is -2.22. The van der Waals surface area contributed by atoms with E-state index in [0.717, 1.165) is 25.0 Å². The molecule has 6 heteroatoms. The molecule has 20 heavy (non-hydrogen) atoms. The van der Waals surface area contributed by atoms with E-state index < -0.39 is 11.6 Å². The van der Waals surface area contributed by atoms with E-state index in [1.165, 1.54) is 12.1 Å². The molecule has 1 aromatic carbocycles. The highest BCUT2D eigenvalue weighted by Gasteiger charge is 2.28. The van der Waals surface area contributed by atoms with E-state index >= 15 is 0 Å². The molecule has 2 atom stereocenters. The molecule has 0 aromatic heterocycles. The van der Waals surface area contributed by atoms with Gasteiger partial charge < -0.3 is 11.1 Å². The van der Waals surface area contributed by atoms with E-state index in [-0.39, 0.29) is 22.3 Å². The smallest absolute Gasteiger partial charge is 0.150 e. The summed E-state index contributed by atoms with van der Waals surface area (Å²) in [6.07, 6.45) is 3.11. The fraction of sp³-hybridized carbons (Fsp3) is 0.500. The topological polar surface area (TPSA) is 38.0 Å². The Morgan fingerprint density at radius 3 is 2.60 bits per heavy atom. The van der Waals surface area contributed by atoms with Gasteiger partial charge in [0.2, 0.25) is 0 Å². The molecule has 0 aliphatic heterocycles. The first-order chi connectivity index (χ1) is 9.52. The normalized spacial score (nSPS) is 21.9. The second kappa shape index (κ2) is 6.72. The van der Waals surface area contributed by atoms with Crippen LogP contribution in [-0.4, -0.2) is 22.0 Å². The standard InChI is InChI=1S/C14H18F2N2S2/c1-2-20-12-5-3-4-11(12)18-13-9(15)6-8(14(17)19)7-10(13)16/h6-7,11-12,18H,2-5H2,1H3,(H2,17,19). The van der Waals surface area contributed by atoms with Crippen LogP contribution in [0.15, 0.2) is 12.1 Å². The summed E-state index contributed by atoms with van der Waals surface area (Å²) in [5.74, 6) is -0.270. The minimum absolute atomic E-state index is 0.00497. The number of halogens is 2. The van der Waals surface area contributed by atoms with Gasteiger partial charge in [0, 0.05) is 16.9 Å². The van der Waals surface area contributed by atoms with Crippen molar-refractivity contribution in [2.45, 2.75) is 37.5 Å². The summed E-state index contributed by atoms with van der Waals surface area (Å²) in [6.45, 7) is 2.10. The van der Waals surface area contributed by atoms with Crippen LogP contribution in [0.4, 0.5) is 14.5 Å². The zero-order chi connectivity index (χ0) is 14.7. The first kappa shape index (κ1) is 15.5. The Morgan fingerprint density at radius 2 is 2.05 bits per heavy atom. The van der Waals surface area contributed by atoms with Crippen LogP contribution >= 0.6 is 24.0 Å². The third-order valence-electron chi connectivity index (χ3n) is 3.49. The van der Waals surface area contributed by atoms with Gasteiger partial charge in [0.1, 0.15) is 22.3 Å². The van der Waals surface area contributed by atoms with Gasteiger partial charge in [-0.15, -0.1) is 0 Å². The third-order valence-corrected chi connectivity index (χ3v) is 5.05. The second-order valence-corrected chi connectivity index (χ2v) is 6.81. The van der Waals surface area contributed by atoms with Crippen molar-refractivity contribution in [1.29, 1.82) is 0 Å². The summed E-state index contributed by atoms with van der Waals surface area (Å²) in [5, 5.41) is 3.43. The van der Waals surface area contributed by atoms with Crippen molar-refractivity contribution in [2.24, 2.45) is 5.73 Å². The number of thioether (sulfide) groups is 1. The summed E-state index contributed by atoms with van der Waals surface area (Å²) in [5.41, 5.74) is 5.54. The van der Waals surface area contributed by atoms with Gasteiger partial charge in [-0.2, -0.15) is 11.8 Å². The number of nitrogens with one attached hydrogen (secondary N) is 1. The lowest BCUT2D eigenvalue weighted by Crippen LogP contribution is -2.27. The van der Waals surface area contributed by atoms with Crippen molar-refractivity contribution >= 4 is 34.7 Å². The number of nitrogens with two attached hydrogens (primary N) is 1. The summed E-state index contributed by atoms with van der Waals surface area (Å²) in [7, 11) is 0. The first-order valence-corrected chi connectivity index (χ1v) is 8.15. The number of hydrogen-bond donors (Lipinski definition) is 2. The molecule has 0 bridgehead atoms. The molecule has 0 saturated heterocycles. The van der Waals surface area contributed by atoms with Crippen LogP contribution in [0.3, 0.4) is 0 Å². The molecule has 1 saturated carbocycles. The van der Waals surface area contributed by atoms with Gasteiger partial charge in [0.25, 0.3) is 0 Å². The zero-order valence-electron chi connectivity index (χ0n) is 11.3. The van der Waals surface area contributed by atoms with Gasteiger partial charge in [-0.05, 0) is 30.7 Å². The fourth-order valence-corrected chi connectivity index (χ4v) is 3.86. The van der Waals surface area contributed by atoms with Gasteiger partial charge in [0.15, 0.2) is 0 Å². The fourth-order valence-electron chi connectivity index (χ4n) is 2.54. The predicted molar refractivity (Wildman–Crippen MR) is 85.4 cm³/mol. The monoisotopic (exact) mass is 316 g/mol. The summed E-state index contributed by atoms with van der Waals surface area (Å²) >= 11 is 6.58. The molecule has 3 N–H and O–H groups in total. The lowest BCUT2D eigenvalue weighted by atomic mass is 10.1. The van der Waals surface area contributed by atoms with E-state index in [2.05, 4.69) is 12.2 Å². The summed E-state index contributed by atoms with van der Waals surface area (Å²) < 4.78 is 28.0. The Morgan fingerprint density at radius 1 is 1.40 bits per heavy atom. The Balaban J connectivity index is 2.19. The van der Waals surface area contributed by atoms with Crippen molar-refractivity contribution in [3.8, 4) is 0 Å². The molecule has 1 aliphatic rings. The molecule has 1 aromatic rings. The van der Waals surface area contributed by atoms with Crippen LogP contribution in [0.2, 0.25) is 0 Å². The molecule has 0 amide bonds. The number of thiocarbonyl (C=S) groups is 1. The highest BCUT2D eigenvalue weighted by atomic mass is 32.2. The van der Waals surface area contributed by atoms with E-state index in [1.54, 1.807) is 0 Å². The molecule has 1 fully saturated rings. The van der Waals surface area contributed by atoms with Crippen LogP contribution < -0.4 is 11.1 Å². The van der Waals surface area contributed by atoms with Crippen LogP contribution in [-0.2, 0) is 0 Å². The summed E-state index contributed by atoms with van der Waals surface area (Å²) in [4.78, 5) is -0.00497. The van der Waals surface area contributed by atoms with Crippen molar-refractivity contribution in [2.75, 3.05) is 11.1 Å². The molecule has 0 heterocycles. The third kappa shape index (κ3) is 3.41. The quantitative estimate of drug-likeness (QED) is 0.813. The molecular formula is C14H18F2N2S2. The maximum Gasteiger partial charge on any atom is 0.150 e. The Hall–Kier alpha value is -0.880. The second-order valence-electron chi connectivity index (χ2n) is 4.85. The molecule has 0 radical (unpaired) electrons. The largest absolute Gasteiger partial charge is 0.389 e. The number of hydrogen-bond acceptors (Lipinski definition) is 3. The van der Waals surface area contributed by atoms with Gasteiger partial charge in [-0.25, -0.2) is 8.78 Å². The van der Waals surface area contributed by atoms with Crippen LogP contribution in [0.5, 0.6) is 0 Å². The molecular weight excluding hydrogens is 298 g/mol. The van der Waals surface area contributed by atoms with Gasteiger partial charge >= 0.3 is 0 Å². The van der Waals surface area contributed by atoms with Gasteiger partial charge in [0.05, 0.1) is 0 Å². The molecule has 110 valence electrons. The lowest BCUT2D eigenvalue weighted by molar-refractivity contribution is 0.581. The van der Waals surface area contributed by atoms with E-state index in [4.69, 9.17) is 18.0 Å². The van der Waals surface area contributed by atoms with E-state index in [1.807, 2.05) is 11.8 Å². The minimum Gasteiger partial charge on any atom is -0.389 e. The Labute approximate surface area is 127 Å². The van der Waals surface area contributed by atoms with E-state index in [0.29, 0.717) is 5.25 Å². The van der Waals surface area contributed by atoms with Crippen LogP contribution in [0.1, 0.15) is 31.7 Å². The van der Waals surface area contributed by atoms with Crippen molar-refractivity contribution < 1.29 is 8.78 Å². The number of benzene rings is 1. The van der Waals surface area contributed by atoms with Crippen LogP contribution in [0, 0.1) is 11.6 Å². The number of anilines is 1. The van der Waals surface area contributed by atoms with Crippen molar-refractivity contribution in [1.82, 2.24) is 0 Å². The zero-order valence-corrected chi connectivity index (χ0v) is 12.9. The molecule has 2 unspecified atom stereocenters.